The van der Waals surface area contributed by atoms with Crippen LogP contribution >= 0.6 is 0 Å². The summed E-state index contributed by atoms with van der Waals surface area (Å²) in [5, 5.41) is 21.3. The first kappa shape index (κ1) is 17.2. The normalized spacial score (nSPS) is 12.1. The Balaban J connectivity index is 2.29. The van der Waals surface area contributed by atoms with E-state index in [1.165, 1.54) is 12.1 Å². The Morgan fingerprint density at radius 3 is 2.71 bits per heavy atom. The predicted octanol–water partition coefficient (Wildman–Crippen LogP) is -0.253. The Bertz CT molecular complexity index is 453. The lowest BCUT2D eigenvalue weighted by Gasteiger charge is -2.13. The van der Waals surface area contributed by atoms with Crippen molar-refractivity contribution in [3.8, 4) is 11.5 Å². The van der Waals surface area contributed by atoms with Gasteiger partial charge in [0.05, 0.1) is 25.9 Å². The van der Waals surface area contributed by atoms with Gasteiger partial charge >= 0.3 is 0 Å². The maximum absolute atomic E-state index is 11.8. The van der Waals surface area contributed by atoms with Crippen LogP contribution < -0.4 is 11.1 Å². The average Bonchev–Trinajstić information content (AvgIpc) is 2.46. The molecule has 0 aromatic heterocycles. The number of hydrogen-bond acceptors (Lipinski definition) is 6. The molecule has 0 bridgehead atoms. The van der Waals surface area contributed by atoms with Gasteiger partial charge in [-0.05, 0) is 24.1 Å². The molecule has 21 heavy (non-hydrogen) atoms. The highest BCUT2D eigenvalue weighted by molar-refractivity contribution is 5.81. The summed E-state index contributed by atoms with van der Waals surface area (Å²) in [7, 11) is 1.59. The number of benzene rings is 1. The number of phenols is 2. The predicted molar refractivity (Wildman–Crippen MR) is 77.2 cm³/mol. The minimum Gasteiger partial charge on any atom is -0.504 e. The number of methoxy groups -OCH3 is 1. The van der Waals surface area contributed by atoms with Crippen molar-refractivity contribution in [1.29, 1.82) is 0 Å². The largest absolute Gasteiger partial charge is 0.504 e. The van der Waals surface area contributed by atoms with Gasteiger partial charge in [0.2, 0.25) is 5.91 Å². The van der Waals surface area contributed by atoms with Gasteiger partial charge in [0.15, 0.2) is 11.5 Å². The standard InChI is InChI=1S/C14H22N2O5/c1-20-6-7-21-5-4-16-14(19)11(15)8-10-2-3-12(17)13(18)9-10/h2-3,9,11,17-18H,4-8,15H2,1H3,(H,16,19)/t11-/m0/s1. The first-order chi connectivity index (χ1) is 10.0. The van der Waals surface area contributed by atoms with Crippen molar-refractivity contribution in [2.24, 2.45) is 5.73 Å². The van der Waals surface area contributed by atoms with Crippen molar-refractivity contribution in [3.63, 3.8) is 0 Å². The van der Waals surface area contributed by atoms with Crippen LogP contribution in [0.3, 0.4) is 0 Å². The number of rotatable bonds is 9. The van der Waals surface area contributed by atoms with Crippen molar-refractivity contribution in [1.82, 2.24) is 5.32 Å². The molecule has 7 heteroatoms. The monoisotopic (exact) mass is 298 g/mol. The molecule has 1 atom stereocenters. The van der Waals surface area contributed by atoms with Crippen molar-refractivity contribution >= 4 is 5.91 Å². The first-order valence-electron chi connectivity index (χ1n) is 6.65. The maximum atomic E-state index is 11.8. The number of carbonyl (C=O) groups excluding carboxylic acids is 1. The van der Waals surface area contributed by atoms with E-state index in [0.717, 1.165) is 0 Å². The second-order valence-electron chi connectivity index (χ2n) is 4.53. The summed E-state index contributed by atoms with van der Waals surface area (Å²) in [6.45, 7) is 1.75. The van der Waals surface area contributed by atoms with E-state index < -0.39 is 6.04 Å². The number of amides is 1. The zero-order valence-corrected chi connectivity index (χ0v) is 12.0. The number of nitrogens with one attached hydrogen (secondary N) is 1. The molecule has 0 spiro atoms. The summed E-state index contributed by atoms with van der Waals surface area (Å²) in [4.78, 5) is 11.8. The van der Waals surface area contributed by atoms with Gasteiger partial charge in [-0.3, -0.25) is 4.79 Å². The summed E-state index contributed by atoms with van der Waals surface area (Å²) in [5.74, 6) is -0.727. The maximum Gasteiger partial charge on any atom is 0.237 e. The van der Waals surface area contributed by atoms with Gasteiger partial charge in [-0.15, -0.1) is 0 Å². The number of ether oxygens (including phenoxy) is 2. The number of carbonyl (C=O) groups is 1. The Morgan fingerprint density at radius 2 is 2.05 bits per heavy atom. The van der Waals surface area contributed by atoms with Crippen molar-refractivity contribution in [2.45, 2.75) is 12.5 Å². The van der Waals surface area contributed by atoms with Crippen LogP contribution in [-0.4, -0.2) is 55.6 Å². The minimum atomic E-state index is -0.729. The van der Waals surface area contributed by atoms with Crippen LogP contribution in [0, 0.1) is 0 Å². The summed E-state index contributed by atoms with van der Waals surface area (Å²) >= 11 is 0. The highest BCUT2D eigenvalue weighted by atomic mass is 16.5. The van der Waals surface area contributed by atoms with Gasteiger partial charge in [-0.25, -0.2) is 0 Å². The Labute approximate surface area is 123 Å². The van der Waals surface area contributed by atoms with Crippen LogP contribution in [0.15, 0.2) is 18.2 Å². The molecule has 1 rings (SSSR count). The van der Waals surface area contributed by atoms with Crippen LogP contribution in [-0.2, 0) is 20.7 Å². The second kappa shape index (κ2) is 9.17. The highest BCUT2D eigenvalue weighted by Crippen LogP contribution is 2.25. The van der Waals surface area contributed by atoms with E-state index >= 15 is 0 Å². The molecule has 0 saturated carbocycles. The summed E-state index contributed by atoms with van der Waals surface area (Å²) < 4.78 is 10.0. The lowest BCUT2D eigenvalue weighted by Crippen LogP contribution is -2.43. The van der Waals surface area contributed by atoms with Crippen LogP contribution in [0.4, 0.5) is 0 Å². The average molecular weight is 298 g/mol. The van der Waals surface area contributed by atoms with E-state index in [1.807, 2.05) is 0 Å². The van der Waals surface area contributed by atoms with E-state index in [1.54, 1.807) is 13.2 Å². The Hall–Kier alpha value is -1.83. The molecule has 5 N–H and O–H groups in total. The Morgan fingerprint density at radius 1 is 1.29 bits per heavy atom. The minimum absolute atomic E-state index is 0.204. The molecule has 0 saturated heterocycles. The lowest BCUT2D eigenvalue weighted by atomic mass is 10.1. The van der Waals surface area contributed by atoms with Crippen LogP contribution in [0.25, 0.3) is 0 Å². The van der Waals surface area contributed by atoms with E-state index in [-0.39, 0.29) is 23.8 Å². The van der Waals surface area contributed by atoms with Gasteiger partial charge in [0.1, 0.15) is 0 Å². The Kier molecular flexibility index (Phi) is 7.52. The third kappa shape index (κ3) is 6.44. The molecular formula is C14H22N2O5. The van der Waals surface area contributed by atoms with Gasteiger partial charge < -0.3 is 30.7 Å². The van der Waals surface area contributed by atoms with E-state index in [2.05, 4.69) is 5.32 Å². The molecule has 1 aromatic rings. The molecular weight excluding hydrogens is 276 g/mol. The fraction of sp³-hybridized carbons (Fsp3) is 0.500. The molecule has 7 nitrogen and oxygen atoms in total. The van der Waals surface area contributed by atoms with Crippen molar-refractivity contribution < 1.29 is 24.5 Å². The molecule has 0 aliphatic rings. The van der Waals surface area contributed by atoms with E-state index in [4.69, 9.17) is 15.2 Å². The molecule has 1 amide bonds. The first-order valence-corrected chi connectivity index (χ1v) is 6.65. The van der Waals surface area contributed by atoms with Crippen molar-refractivity contribution in [3.05, 3.63) is 23.8 Å². The van der Waals surface area contributed by atoms with Gasteiger partial charge in [-0.2, -0.15) is 0 Å². The lowest BCUT2D eigenvalue weighted by molar-refractivity contribution is -0.122. The highest BCUT2D eigenvalue weighted by Gasteiger charge is 2.14. The molecule has 0 radical (unpaired) electrons. The van der Waals surface area contributed by atoms with Crippen LogP contribution in [0.5, 0.6) is 11.5 Å². The van der Waals surface area contributed by atoms with Crippen LogP contribution in [0.1, 0.15) is 5.56 Å². The number of aromatic hydroxyl groups is 2. The fourth-order valence-electron chi connectivity index (χ4n) is 1.66. The van der Waals surface area contributed by atoms with Crippen LogP contribution in [0.2, 0.25) is 0 Å². The molecule has 0 aliphatic heterocycles. The molecule has 0 fully saturated rings. The van der Waals surface area contributed by atoms with E-state index in [9.17, 15) is 15.0 Å². The zero-order chi connectivity index (χ0) is 15.7. The number of phenolic OH excluding ortho intramolecular Hbond substituents is 2. The topological polar surface area (TPSA) is 114 Å². The molecule has 0 aliphatic carbocycles. The fourth-order valence-corrected chi connectivity index (χ4v) is 1.66. The summed E-state index contributed by atoms with van der Waals surface area (Å²) in [5.41, 5.74) is 6.45. The van der Waals surface area contributed by atoms with Gasteiger partial charge in [0, 0.05) is 13.7 Å². The number of hydrogen-bond donors (Lipinski definition) is 4. The van der Waals surface area contributed by atoms with Crippen molar-refractivity contribution in [2.75, 3.05) is 33.5 Å². The molecule has 1 aromatic carbocycles. The van der Waals surface area contributed by atoms with E-state index in [0.29, 0.717) is 31.9 Å². The molecule has 0 unspecified atom stereocenters. The third-order valence-electron chi connectivity index (χ3n) is 2.81. The zero-order valence-electron chi connectivity index (χ0n) is 12.0. The van der Waals surface area contributed by atoms with Gasteiger partial charge in [-0.1, -0.05) is 6.07 Å². The smallest absolute Gasteiger partial charge is 0.237 e. The van der Waals surface area contributed by atoms with Gasteiger partial charge in [0.25, 0.3) is 0 Å². The quantitative estimate of drug-likeness (QED) is 0.369. The second-order valence-corrected chi connectivity index (χ2v) is 4.53. The number of nitrogens with two attached hydrogens (primary N) is 1. The summed E-state index contributed by atoms with van der Waals surface area (Å²) in [6.07, 6.45) is 0.268. The SMILES string of the molecule is COCCOCCNC(=O)[C@@H](N)Cc1ccc(O)c(O)c1. The summed E-state index contributed by atoms with van der Waals surface area (Å²) in [6, 6.07) is 3.62. The molecule has 118 valence electrons. The molecule has 0 heterocycles. The third-order valence-corrected chi connectivity index (χ3v) is 2.81.